The van der Waals surface area contributed by atoms with E-state index < -0.39 is 0 Å². The number of hydrogen-bond donors (Lipinski definition) is 0. The van der Waals surface area contributed by atoms with E-state index in [2.05, 4.69) is 36.4 Å². The van der Waals surface area contributed by atoms with Gasteiger partial charge in [-0.1, -0.05) is 78.9 Å². The topological polar surface area (TPSA) is 17.8 Å². The summed E-state index contributed by atoms with van der Waals surface area (Å²) in [7, 11) is 0. The molecule has 8 aromatic rings. The zero-order valence-electron chi connectivity index (χ0n) is 21.1. The fraction of sp³-hybridized carbons (Fsp3) is 0. The Morgan fingerprint density at radius 3 is 2.27 bits per heavy atom. The monoisotopic (exact) mass is 538 g/mol. The molecule has 0 fully saturated rings. The van der Waals surface area contributed by atoms with Crippen LogP contribution in [0.15, 0.2) is 121 Å². The molecule has 0 spiro atoms. The highest BCUT2D eigenvalue weighted by molar-refractivity contribution is 7.26. The SMILES string of the molecule is Fc1ccccc1-c1ccc2c(c1)sc1c(-c3nc4cccc(F)c4n3-c3ccc4ccccc4c3)cccc12. The predicted octanol–water partition coefficient (Wildman–Crippen LogP) is 10.2. The molecule has 0 saturated heterocycles. The van der Waals surface area contributed by atoms with E-state index in [0.717, 1.165) is 47.8 Å². The fourth-order valence-electron chi connectivity index (χ4n) is 5.67. The van der Waals surface area contributed by atoms with Gasteiger partial charge in [0, 0.05) is 37.0 Å². The van der Waals surface area contributed by atoms with Gasteiger partial charge in [-0.3, -0.25) is 4.57 Å². The summed E-state index contributed by atoms with van der Waals surface area (Å²) in [6.45, 7) is 0. The normalized spacial score (nSPS) is 11.8. The maximum atomic E-state index is 15.4. The van der Waals surface area contributed by atoms with Crippen LogP contribution < -0.4 is 0 Å². The van der Waals surface area contributed by atoms with E-state index in [-0.39, 0.29) is 11.6 Å². The summed E-state index contributed by atoms with van der Waals surface area (Å²) in [6, 6.07) is 38.4. The Balaban J connectivity index is 1.40. The summed E-state index contributed by atoms with van der Waals surface area (Å²) in [6.07, 6.45) is 0. The van der Waals surface area contributed by atoms with Gasteiger partial charge < -0.3 is 0 Å². The second-order valence-corrected chi connectivity index (χ2v) is 10.9. The zero-order valence-corrected chi connectivity index (χ0v) is 21.9. The Bertz CT molecular complexity index is 2260. The van der Waals surface area contributed by atoms with Crippen molar-refractivity contribution in [1.82, 2.24) is 9.55 Å². The largest absolute Gasteiger partial charge is 0.290 e. The summed E-state index contributed by atoms with van der Waals surface area (Å²) in [5, 5.41) is 4.39. The summed E-state index contributed by atoms with van der Waals surface area (Å²) in [4.78, 5) is 4.98. The Morgan fingerprint density at radius 1 is 0.600 bits per heavy atom. The van der Waals surface area contributed by atoms with Crippen LogP contribution in [0.3, 0.4) is 0 Å². The minimum atomic E-state index is -0.317. The van der Waals surface area contributed by atoms with Crippen LogP contribution in [0, 0.1) is 11.6 Å². The third-order valence-electron chi connectivity index (χ3n) is 7.54. The van der Waals surface area contributed by atoms with Crippen LogP contribution in [0.4, 0.5) is 8.78 Å². The van der Waals surface area contributed by atoms with Gasteiger partial charge in [0.1, 0.15) is 23.0 Å². The minimum Gasteiger partial charge on any atom is -0.290 e. The van der Waals surface area contributed by atoms with Crippen molar-refractivity contribution in [1.29, 1.82) is 0 Å². The molecule has 0 aliphatic carbocycles. The standard InChI is InChI=1S/C35H20F2N2S/c36-29-12-4-3-9-25(29)23-16-18-26-27-10-5-11-28(34(27)40-32(26)20-23)35-38-31-14-6-13-30(37)33(31)39(35)24-17-15-21-7-1-2-8-22(21)19-24/h1-20H. The van der Waals surface area contributed by atoms with Crippen LogP contribution in [-0.2, 0) is 0 Å². The smallest absolute Gasteiger partial charge is 0.149 e. The molecule has 5 heteroatoms. The first-order valence-electron chi connectivity index (χ1n) is 13.0. The predicted molar refractivity (Wildman–Crippen MR) is 162 cm³/mol. The molecule has 0 bridgehead atoms. The number of rotatable bonds is 3. The van der Waals surface area contributed by atoms with Crippen LogP contribution in [0.25, 0.3) is 70.2 Å². The Hall–Kier alpha value is -4.87. The van der Waals surface area contributed by atoms with Crippen LogP contribution >= 0.6 is 11.3 Å². The first-order chi connectivity index (χ1) is 19.7. The van der Waals surface area contributed by atoms with E-state index in [9.17, 15) is 4.39 Å². The third kappa shape index (κ3) is 3.48. The molecule has 0 N–H and O–H groups in total. The molecule has 0 unspecified atom stereocenters. The average molecular weight is 539 g/mol. The Labute approximate surface area is 232 Å². The Morgan fingerprint density at radius 2 is 1.38 bits per heavy atom. The molecule has 8 rings (SSSR count). The number of thiophene rings is 1. The van der Waals surface area contributed by atoms with Crippen molar-refractivity contribution in [3.63, 3.8) is 0 Å². The van der Waals surface area contributed by atoms with Gasteiger partial charge in [0.2, 0.25) is 0 Å². The lowest BCUT2D eigenvalue weighted by molar-refractivity contribution is 0.631. The van der Waals surface area contributed by atoms with Gasteiger partial charge in [0.25, 0.3) is 0 Å². The van der Waals surface area contributed by atoms with Gasteiger partial charge in [-0.05, 0) is 58.8 Å². The van der Waals surface area contributed by atoms with Crippen molar-refractivity contribution in [3.8, 4) is 28.2 Å². The summed E-state index contributed by atoms with van der Waals surface area (Å²) in [5.74, 6) is 0.124. The average Bonchev–Trinajstić information content (AvgIpc) is 3.56. The van der Waals surface area contributed by atoms with Crippen molar-refractivity contribution in [2.75, 3.05) is 0 Å². The first kappa shape index (κ1) is 23.1. The van der Waals surface area contributed by atoms with Crippen LogP contribution in [0.2, 0.25) is 0 Å². The van der Waals surface area contributed by atoms with E-state index in [4.69, 9.17) is 4.98 Å². The van der Waals surface area contributed by atoms with Crippen molar-refractivity contribution >= 4 is 53.3 Å². The summed E-state index contributed by atoms with van der Waals surface area (Å²) in [5.41, 5.74) is 4.24. The summed E-state index contributed by atoms with van der Waals surface area (Å²) >= 11 is 1.65. The third-order valence-corrected chi connectivity index (χ3v) is 8.74. The zero-order chi connectivity index (χ0) is 26.8. The number of halogens is 2. The van der Waals surface area contributed by atoms with Gasteiger partial charge in [-0.2, -0.15) is 0 Å². The van der Waals surface area contributed by atoms with Crippen LogP contribution in [0.5, 0.6) is 0 Å². The van der Waals surface area contributed by atoms with Gasteiger partial charge in [-0.15, -0.1) is 11.3 Å². The number of benzene rings is 6. The van der Waals surface area contributed by atoms with Crippen LogP contribution in [-0.4, -0.2) is 9.55 Å². The van der Waals surface area contributed by atoms with Crippen molar-refractivity contribution in [2.24, 2.45) is 0 Å². The van der Waals surface area contributed by atoms with Gasteiger partial charge in [0.05, 0.1) is 5.52 Å². The van der Waals surface area contributed by atoms with E-state index >= 15 is 4.39 Å². The molecule has 190 valence electrons. The molecule has 2 heterocycles. The quantitative estimate of drug-likeness (QED) is 0.219. The number of nitrogens with zero attached hydrogens (tertiary/aromatic N) is 2. The molecule has 0 radical (unpaired) electrons. The molecule has 2 aromatic heterocycles. The molecule has 0 atom stereocenters. The van der Waals surface area contributed by atoms with E-state index in [1.54, 1.807) is 29.5 Å². The van der Waals surface area contributed by atoms with Crippen LogP contribution in [0.1, 0.15) is 0 Å². The molecule has 40 heavy (non-hydrogen) atoms. The Kier molecular flexibility index (Phi) is 5.09. The lowest BCUT2D eigenvalue weighted by Gasteiger charge is -2.12. The molecule has 0 saturated carbocycles. The molecule has 0 aliphatic heterocycles. The first-order valence-corrected chi connectivity index (χ1v) is 13.8. The number of imidazole rings is 1. The number of para-hydroxylation sites is 1. The number of aromatic nitrogens is 2. The molecule has 0 aliphatic rings. The molecule has 2 nitrogen and oxygen atoms in total. The highest BCUT2D eigenvalue weighted by atomic mass is 32.1. The van der Waals surface area contributed by atoms with Crippen molar-refractivity contribution in [2.45, 2.75) is 0 Å². The highest BCUT2D eigenvalue weighted by Gasteiger charge is 2.21. The summed E-state index contributed by atoms with van der Waals surface area (Å²) < 4.78 is 34.0. The minimum absolute atomic E-state index is 0.241. The van der Waals surface area contributed by atoms with E-state index in [1.165, 1.54) is 12.1 Å². The second-order valence-electron chi connectivity index (χ2n) is 9.88. The second kappa shape index (κ2) is 8.83. The molecule has 6 aromatic carbocycles. The highest BCUT2D eigenvalue weighted by Crippen LogP contribution is 2.42. The molecular weight excluding hydrogens is 518 g/mol. The maximum Gasteiger partial charge on any atom is 0.149 e. The van der Waals surface area contributed by atoms with Crippen molar-refractivity contribution < 1.29 is 8.78 Å². The lowest BCUT2D eigenvalue weighted by Crippen LogP contribution is -1.99. The molecule has 0 amide bonds. The number of fused-ring (bicyclic) bond motifs is 5. The maximum absolute atomic E-state index is 15.4. The lowest BCUT2D eigenvalue weighted by atomic mass is 10.0. The fourth-order valence-corrected chi connectivity index (χ4v) is 6.92. The van der Waals surface area contributed by atoms with Crippen molar-refractivity contribution in [3.05, 3.63) is 133 Å². The van der Waals surface area contributed by atoms with Gasteiger partial charge in [-0.25, -0.2) is 13.8 Å². The van der Waals surface area contributed by atoms with Gasteiger partial charge >= 0.3 is 0 Å². The van der Waals surface area contributed by atoms with E-state index in [0.29, 0.717) is 22.4 Å². The van der Waals surface area contributed by atoms with Gasteiger partial charge in [0.15, 0.2) is 0 Å². The van der Waals surface area contributed by atoms with E-state index in [1.807, 2.05) is 59.2 Å². The number of hydrogen-bond acceptors (Lipinski definition) is 2. The molecular formula is C35H20F2N2S.